The van der Waals surface area contributed by atoms with Crippen molar-refractivity contribution in [3.63, 3.8) is 0 Å². The molecule has 0 spiro atoms. The summed E-state index contributed by atoms with van der Waals surface area (Å²) in [7, 11) is 0. The number of halogens is 1. The van der Waals surface area contributed by atoms with Crippen molar-refractivity contribution in [3.8, 4) is 0 Å². The fraction of sp³-hybridized carbons (Fsp3) is 0.292. The monoisotopic (exact) mass is 407 g/mol. The summed E-state index contributed by atoms with van der Waals surface area (Å²) < 4.78 is 2.23. The summed E-state index contributed by atoms with van der Waals surface area (Å²) in [6.07, 6.45) is 0. The Kier molecular flexibility index (Phi) is 5.63. The van der Waals surface area contributed by atoms with Gasteiger partial charge in [0.25, 0.3) is 5.91 Å². The molecule has 1 amide bonds. The van der Waals surface area contributed by atoms with Crippen LogP contribution in [0, 0.1) is 13.8 Å². The molecular weight excluding hydrogens is 382 g/mol. The zero-order valence-electron chi connectivity index (χ0n) is 16.9. The zero-order valence-corrected chi connectivity index (χ0v) is 17.7. The van der Waals surface area contributed by atoms with Gasteiger partial charge < -0.3 is 14.4 Å². The van der Waals surface area contributed by atoms with E-state index in [2.05, 4.69) is 46.7 Å². The van der Waals surface area contributed by atoms with Gasteiger partial charge in [0.05, 0.1) is 5.56 Å². The molecule has 0 aliphatic carbocycles. The molecule has 4 rings (SSSR count). The highest BCUT2D eigenvalue weighted by atomic mass is 35.5. The topological polar surface area (TPSA) is 28.5 Å². The molecule has 0 N–H and O–H groups in total. The van der Waals surface area contributed by atoms with Crippen molar-refractivity contribution in [1.82, 2.24) is 9.47 Å². The zero-order chi connectivity index (χ0) is 20.4. The quantitative estimate of drug-likeness (QED) is 0.623. The number of rotatable bonds is 4. The Labute approximate surface area is 177 Å². The van der Waals surface area contributed by atoms with Crippen LogP contribution in [0.25, 0.3) is 0 Å². The highest BCUT2D eigenvalue weighted by molar-refractivity contribution is 6.30. The molecule has 0 atom stereocenters. The molecule has 2 heterocycles. The first kappa shape index (κ1) is 19.6. The number of carbonyl (C=O) groups excluding carboxylic acids is 1. The highest BCUT2D eigenvalue weighted by Gasteiger charge is 2.25. The molecule has 4 nitrogen and oxygen atoms in total. The summed E-state index contributed by atoms with van der Waals surface area (Å²) in [6.45, 7) is 7.97. The van der Waals surface area contributed by atoms with Gasteiger partial charge in [-0.2, -0.15) is 0 Å². The number of nitrogens with zero attached hydrogens (tertiary/aromatic N) is 3. The number of hydrogen-bond donors (Lipinski definition) is 0. The van der Waals surface area contributed by atoms with Gasteiger partial charge in [0.15, 0.2) is 0 Å². The molecule has 0 bridgehead atoms. The van der Waals surface area contributed by atoms with Crippen molar-refractivity contribution < 1.29 is 4.79 Å². The Morgan fingerprint density at radius 3 is 2.34 bits per heavy atom. The Hall–Kier alpha value is -2.72. The van der Waals surface area contributed by atoms with E-state index in [1.165, 1.54) is 5.56 Å². The van der Waals surface area contributed by atoms with Gasteiger partial charge in [0.1, 0.15) is 0 Å². The van der Waals surface area contributed by atoms with E-state index in [1.54, 1.807) is 0 Å². The Bertz CT molecular complexity index is 1000. The number of piperazine rings is 1. The predicted octanol–water partition coefficient (Wildman–Crippen LogP) is 4.77. The Morgan fingerprint density at radius 2 is 1.66 bits per heavy atom. The molecule has 0 unspecified atom stereocenters. The third-order valence-corrected chi connectivity index (χ3v) is 5.96. The minimum atomic E-state index is 0.128. The first-order chi connectivity index (χ1) is 14.0. The van der Waals surface area contributed by atoms with Gasteiger partial charge >= 0.3 is 0 Å². The van der Waals surface area contributed by atoms with Crippen LogP contribution < -0.4 is 4.90 Å². The number of hydrogen-bond acceptors (Lipinski definition) is 2. The van der Waals surface area contributed by atoms with Crippen molar-refractivity contribution in [3.05, 3.63) is 88.2 Å². The third-order valence-electron chi connectivity index (χ3n) is 5.73. The van der Waals surface area contributed by atoms with Gasteiger partial charge in [0.2, 0.25) is 0 Å². The predicted molar refractivity (Wildman–Crippen MR) is 119 cm³/mol. The van der Waals surface area contributed by atoms with Crippen LogP contribution in [0.4, 0.5) is 5.69 Å². The molecule has 29 heavy (non-hydrogen) atoms. The van der Waals surface area contributed by atoms with Gasteiger partial charge in [-0.05, 0) is 43.7 Å². The van der Waals surface area contributed by atoms with Crippen LogP contribution in [-0.4, -0.2) is 41.6 Å². The minimum Gasteiger partial charge on any atom is -0.368 e. The summed E-state index contributed by atoms with van der Waals surface area (Å²) in [5, 5.41) is 0.742. The molecular formula is C24H26ClN3O. The second-order valence-electron chi connectivity index (χ2n) is 7.62. The molecule has 0 saturated carbocycles. The number of anilines is 1. The van der Waals surface area contributed by atoms with Crippen LogP contribution in [0.3, 0.4) is 0 Å². The van der Waals surface area contributed by atoms with E-state index in [9.17, 15) is 4.79 Å². The van der Waals surface area contributed by atoms with E-state index < -0.39 is 0 Å². The van der Waals surface area contributed by atoms with Crippen molar-refractivity contribution >= 4 is 23.2 Å². The molecule has 0 radical (unpaired) electrons. The number of carbonyl (C=O) groups is 1. The average Bonchev–Trinajstić information content (AvgIpc) is 3.02. The van der Waals surface area contributed by atoms with Crippen molar-refractivity contribution in [1.29, 1.82) is 0 Å². The lowest BCUT2D eigenvalue weighted by Crippen LogP contribution is -2.48. The second kappa shape index (κ2) is 8.34. The molecule has 5 heteroatoms. The normalized spacial score (nSPS) is 14.3. The maximum atomic E-state index is 13.2. The number of aryl methyl sites for hydroxylation is 1. The van der Waals surface area contributed by atoms with Gasteiger partial charge in [0, 0.05) is 54.8 Å². The lowest BCUT2D eigenvalue weighted by atomic mass is 10.2. The van der Waals surface area contributed by atoms with Crippen LogP contribution in [0.1, 0.15) is 27.3 Å². The largest absolute Gasteiger partial charge is 0.368 e. The molecule has 150 valence electrons. The first-order valence-electron chi connectivity index (χ1n) is 10.0. The van der Waals surface area contributed by atoms with Gasteiger partial charge in [-0.3, -0.25) is 4.79 Å². The molecule has 1 aliphatic heterocycles. The van der Waals surface area contributed by atoms with E-state index in [4.69, 9.17) is 11.6 Å². The van der Waals surface area contributed by atoms with Crippen molar-refractivity contribution in [2.75, 3.05) is 31.1 Å². The van der Waals surface area contributed by atoms with Gasteiger partial charge in [-0.1, -0.05) is 48.0 Å². The van der Waals surface area contributed by atoms with Crippen molar-refractivity contribution in [2.45, 2.75) is 20.4 Å². The standard InChI is InChI=1S/C24H26ClN3O/c1-18-15-23(19(2)28(18)17-20-7-4-3-5-8-20)24(29)27-13-11-26(12-14-27)22-10-6-9-21(25)16-22/h3-10,15-16H,11-14,17H2,1-2H3. The van der Waals surface area contributed by atoms with Gasteiger partial charge in [-0.25, -0.2) is 0 Å². The van der Waals surface area contributed by atoms with Crippen LogP contribution in [0.5, 0.6) is 0 Å². The second-order valence-corrected chi connectivity index (χ2v) is 8.05. The average molecular weight is 408 g/mol. The molecule has 1 saturated heterocycles. The Morgan fingerprint density at radius 1 is 0.931 bits per heavy atom. The van der Waals surface area contributed by atoms with Crippen LogP contribution in [0.15, 0.2) is 60.7 Å². The van der Waals surface area contributed by atoms with Gasteiger partial charge in [-0.15, -0.1) is 0 Å². The summed E-state index contributed by atoms with van der Waals surface area (Å²) in [6, 6.07) is 20.3. The maximum absolute atomic E-state index is 13.2. The third kappa shape index (κ3) is 4.18. The first-order valence-corrected chi connectivity index (χ1v) is 10.4. The maximum Gasteiger partial charge on any atom is 0.255 e. The molecule has 3 aromatic rings. The summed E-state index contributed by atoms with van der Waals surface area (Å²) in [4.78, 5) is 17.5. The highest BCUT2D eigenvalue weighted by Crippen LogP contribution is 2.23. The number of aromatic nitrogens is 1. The molecule has 1 aromatic heterocycles. The van der Waals surface area contributed by atoms with Crippen LogP contribution in [0.2, 0.25) is 5.02 Å². The van der Waals surface area contributed by atoms with E-state index in [0.717, 1.165) is 47.3 Å². The van der Waals surface area contributed by atoms with Crippen LogP contribution in [-0.2, 0) is 6.54 Å². The smallest absolute Gasteiger partial charge is 0.255 e. The summed E-state index contributed by atoms with van der Waals surface area (Å²) >= 11 is 6.12. The SMILES string of the molecule is Cc1cc(C(=O)N2CCN(c3cccc(Cl)c3)CC2)c(C)n1Cc1ccccc1. The molecule has 2 aromatic carbocycles. The Balaban J connectivity index is 1.46. The van der Waals surface area contributed by atoms with E-state index in [0.29, 0.717) is 13.1 Å². The van der Waals surface area contributed by atoms with Crippen LogP contribution >= 0.6 is 11.6 Å². The minimum absolute atomic E-state index is 0.128. The lowest BCUT2D eigenvalue weighted by molar-refractivity contribution is 0.0746. The molecule has 1 aliphatic rings. The van der Waals surface area contributed by atoms with E-state index in [-0.39, 0.29) is 5.91 Å². The number of amides is 1. The summed E-state index contributed by atoms with van der Waals surface area (Å²) in [5.41, 5.74) is 5.32. The summed E-state index contributed by atoms with van der Waals surface area (Å²) in [5.74, 6) is 0.128. The van der Waals surface area contributed by atoms with E-state index >= 15 is 0 Å². The lowest BCUT2D eigenvalue weighted by Gasteiger charge is -2.36. The number of benzene rings is 2. The molecule has 1 fully saturated rings. The fourth-order valence-electron chi connectivity index (χ4n) is 4.04. The van der Waals surface area contributed by atoms with E-state index in [1.807, 2.05) is 42.2 Å². The fourth-order valence-corrected chi connectivity index (χ4v) is 4.22. The van der Waals surface area contributed by atoms with Crippen molar-refractivity contribution in [2.24, 2.45) is 0 Å².